The monoisotopic (exact) mass is 290 g/mol. The number of piperidine rings is 1. The van der Waals surface area contributed by atoms with Crippen molar-refractivity contribution in [1.29, 1.82) is 0 Å². The first kappa shape index (κ1) is 15.8. The molecule has 1 aliphatic heterocycles. The minimum absolute atomic E-state index is 0.185. The van der Waals surface area contributed by atoms with Gasteiger partial charge in [-0.2, -0.15) is 0 Å². The zero-order valence-electron chi connectivity index (χ0n) is 13.2. The SMILES string of the molecule is CN(Cc1ccc(O)cc1)C(=O)C(C)(C)C1CCCNC1. The molecule has 0 radical (unpaired) electrons. The summed E-state index contributed by atoms with van der Waals surface area (Å²) < 4.78 is 0. The molecule has 1 unspecified atom stereocenters. The Labute approximate surface area is 127 Å². The highest BCUT2D eigenvalue weighted by molar-refractivity contribution is 5.82. The Morgan fingerprint density at radius 3 is 2.62 bits per heavy atom. The summed E-state index contributed by atoms with van der Waals surface area (Å²) in [5, 5.41) is 12.7. The number of hydrogen-bond acceptors (Lipinski definition) is 3. The number of rotatable bonds is 4. The highest BCUT2D eigenvalue weighted by Gasteiger charge is 2.38. The molecule has 2 N–H and O–H groups in total. The maximum atomic E-state index is 12.8. The number of benzene rings is 1. The van der Waals surface area contributed by atoms with Crippen LogP contribution in [0.15, 0.2) is 24.3 Å². The fourth-order valence-corrected chi connectivity index (χ4v) is 3.08. The molecule has 4 heteroatoms. The molecular formula is C17H26N2O2. The Balaban J connectivity index is 2.01. The quantitative estimate of drug-likeness (QED) is 0.895. The lowest BCUT2D eigenvalue weighted by atomic mass is 9.74. The van der Waals surface area contributed by atoms with Gasteiger partial charge in [-0.1, -0.05) is 26.0 Å². The van der Waals surface area contributed by atoms with Crippen LogP contribution in [-0.4, -0.2) is 36.1 Å². The van der Waals surface area contributed by atoms with Crippen LogP contribution in [0.1, 0.15) is 32.3 Å². The second kappa shape index (κ2) is 6.48. The minimum Gasteiger partial charge on any atom is -0.508 e. The summed E-state index contributed by atoms with van der Waals surface area (Å²) in [6.07, 6.45) is 2.25. The van der Waals surface area contributed by atoms with E-state index >= 15 is 0 Å². The van der Waals surface area contributed by atoms with Gasteiger partial charge >= 0.3 is 0 Å². The van der Waals surface area contributed by atoms with Gasteiger partial charge in [0.2, 0.25) is 5.91 Å². The van der Waals surface area contributed by atoms with Gasteiger partial charge in [0.25, 0.3) is 0 Å². The Bertz CT molecular complexity index is 476. The molecule has 0 aromatic heterocycles. The molecule has 1 aromatic rings. The van der Waals surface area contributed by atoms with Crippen LogP contribution in [0.3, 0.4) is 0 Å². The largest absolute Gasteiger partial charge is 0.508 e. The normalized spacial score (nSPS) is 19.3. The Hall–Kier alpha value is -1.55. The van der Waals surface area contributed by atoms with Crippen LogP contribution in [-0.2, 0) is 11.3 Å². The van der Waals surface area contributed by atoms with E-state index in [0.29, 0.717) is 12.5 Å². The molecule has 1 atom stereocenters. The number of nitrogens with one attached hydrogen (secondary N) is 1. The van der Waals surface area contributed by atoms with Crippen molar-refractivity contribution in [2.75, 3.05) is 20.1 Å². The standard InChI is InChI=1S/C17H26N2O2/c1-17(2,14-5-4-10-18-11-14)16(21)19(3)12-13-6-8-15(20)9-7-13/h6-9,14,18,20H,4-5,10-12H2,1-3H3. The molecule has 0 bridgehead atoms. The van der Waals surface area contributed by atoms with Gasteiger partial charge in [-0.15, -0.1) is 0 Å². The van der Waals surface area contributed by atoms with E-state index in [1.54, 1.807) is 17.0 Å². The number of hydrogen-bond donors (Lipinski definition) is 2. The molecule has 2 rings (SSSR count). The van der Waals surface area contributed by atoms with Crippen molar-refractivity contribution in [3.05, 3.63) is 29.8 Å². The van der Waals surface area contributed by atoms with Gasteiger partial charge in [0.15, 0.2) is 0 Å². The molecule has 4 nitrogen and oxygen atoms in total. The summed E-state index contributed by atoms with van der Waals surface area (Å²) in [6.45, 7) is 6.67. The van der Waals surface area contributed by atoms with Crippen molar-refractivity contribution in [2.45, 2.75) is 33.2 Å². The van der Waals surface area contributed by atoms with Crippen LogP contribution in [0, 0.1) is 11.3 Å². The van der Waals surface area contributed by atoms with Gasteiger partial charge in [-0.05, 0) is 49.5 Å². The number of amides is 1. The lowest BCUT2D eigenvalue weighted by molar-refractivity contribution is -0.143. The third-order valence-electron chi connectivity index (χ3n) is 4.57. The van der Waals surface area contributed by atoms with Crippen LogP contribution in [0.4, 0.5) is 0 Å². The number of aromatic hydroxyl groups is 1. The third-order valence-corrected chi connectivity index (χ3v) is 4.57. The van der Waals surface area contributed by atoms with Crippen molar-refractivity contribution in [1.82, 2.24) is 10.2 Å². The van der Waals surface area contributed by atoms with Gasteiger partial charge < -0.3 is 15.3 Å². The molecule has 0 saturated carbocycles. The summed E-state index contributed by atoms with van der Waals surface area (Å²) >= 11 is 0. The number of nitrogens with zero attached hydrogens (tertiary/aromatic N) is 1. The molecule has 1 aliphatic rings. The number of phenolic OH excluding ortho intramolecular Hbond substituents is 1. The van der Waals surface area contributed by atoms with Crippen molar-refractivity contribution >= 4 is 5.91 Å². The maximum Gasteiger partial charge on any atom is 0.228 e. The first-order valence-electron chi connectivity index (χ1n) is 7.65. The van der Waals surface area contributed by atoms with Crippen LogP contribution in [0.25, 0.3) is 0 Å². The summed E-state index contributed by atoms with van der Waals surface area (Å²) in [7, 11) is 1.85. The summed E-state index contributed by atoms with van der Waals surface area (Å²) in [5.74, 6) is 0.826. The molecule has 21 heavy (non-hydrogen) atoms. The molecule has 1 saturated heterocycles. The van der Waals surface area contributed by atoms with Crippen LogP contribution in [0.2, 0.25) is 0 Å². The van der Waals surface area contributed by atoms with Gasteiger partial charge in [0.1, 0.15) is 5.75 Å². The lowest BCUT2D eigenvalue weighted by Crippen LogP contribution is -2.47. The Kier molecular flexibility index (Phi) is 4.88. The van der Waals surface area contributed by atoms with Crippen LogP contribution >= 0.6 is 0 Å². The van der Waals surface area contributed by atoms with Gasteiger partial charge in [0, 0.05) is 19.0 Å². The van der Waals surface area contributed by atoms with E-state index in [2.05, 4.69) is 19.2 Å². The number of carbonyl (C=O) groups excluding carboxylic acids is 1. The zero-order valence-corrected chi connectivity index (χ0v) is 13.2. The Morgan fingerprint density at radius 1 is 1.38 bits per heavy atom. The molecule has 1 fully saturated rings. The van der Waals surface area contributed by atoms with Crippen molar-refractivity contribution in [3.63, 3.8) is 0 Å². The van der Waals surface area contributed by atoms with Gasteiger partial charge in [-0.3, -0.25) is 4.79 Å². The second-order valence-corrected chi connectivity index (χ2v) is 6.59. The second-order valence-electron chi connectivity index (χ2n) is 6.59. The van der Waals surface area contributed by atoms with Crippen molar-refractivity contribution in [2.24, 2.45) is 11.3 Å². The molecule has 1 aromatic carbocycles. The molecule has 0 aliphatic carbocycles. The van der Waals surface area contributed by atoms with Crippen molar-refractivity contribution in [3.8, 4) is 5.75 Å². The molecular weight excluding hydrogens is 264 g/mol. The number of carbonyl (C=O) groups is 1. The smallest absolute Gasteiger partial charge is 0.228 e. The summed E-state index contributed by atoms with van der Waals surface area (Å²) in [6, 6.07) is 7.02. The first-order chi connectivity index (χ1) is 9.91. The van der Waals surface area contributed by atoms with Crippen molar-refractivity contribution < 1.29 is 9.90 Å². The predicted octanol–water partition coefficient (Wildman–Crippen LogP) is 2.38. The molecule has 1 heterocycles. The summed E-state index contributed by atoms with van der Waals surface area (Å²) in [5.41, 5.74) is 0.681. The summed E-state index contributed by atoms with van der Waals surface area (Å²) in [4.78, 5) is 14.6. The van der Waals surface area contributed by atoms with E-state index < -0.39 is 0 Å². The fraction of sp³-hybridized carbons (Fsp3) is 0.588. The zero-order chi connectivity index (χ0) is 15.5. The van der Waals surface area contributed by atoms with E-state index in [0.717, 1.165) is 31.5 Å². The maximum absolute atomic E-state index is 12.8. The van der Waals surface area contributed by atoms with Crippen LogP contribution < -0.4 is 5.32 Å². The average molecular weight is 290 g/mol. The molecule has 116 valence electrons. The van der Waals surface area contributed by atoms with Crippen LogP contribution in [0.5, 0.6) is 5.75 Å². The van der Waals surface area contributed by atoms with E-state index in [1.807, 2.05) is 19.2 Å². The number of phenols is 1. The van der Waals surface area contributed by atoms with Gasteiger partial charge in [0.05, 0.1) is 0 Å². The molecule has 1 amide bonds. The minimum atomic E-state index is -0.348. The fourth-order valence-electron chi connectivity index (χ4n) is 3.08. The van der Waals surface area contributed by atoms with E-state index in [4.69, 9.17) is 0 Å². The highest BCUT2D eigenvalue weighted by Crippen LogP contribution is 2.33. The lowest BCUT2D eigenvalue weighted by Gasteiger charge is -2.38. The Morgan fingerprint density at radius 2 is 2.05 bits per heavy atom. The highest BCUT2D eigenvalue weighted by atomic mass is 16.3. The first-order valence-corrected chi connectivity index (χ1v) is 7.65. The van der Waals surface area contributed by atoms with E-state index in [1.165, 1.54) is 0 Å². The molecule has 0 spiro atoms. The third kappa shape index (κ3) is 3.76. The van der Waals surface area contributed by atoms with E-state index in [9.17, 15) is 9.90 Å². The van der Waals surface area contributed by atoms with Gasteiger partial charge in [-0.25, -0.2) is 0 Å². The predicted molar refractivity (Wildman–Crippen MR) is 84.0 cm³/mol. The average Bonchev–Trinajstić information content (AvgIpc) is 2.49. The topological polar surface area (TPSA) is 52.6 Å². The van der Waals surface area contributed by atoms with E-state index in [-0.39, 0.29) is 17.1 Å².